The van der Waals surface area contributed by atoms with E-state index in [1.165, 1.54) is 0 Å². The summed E-state index contributed by atoms with van der Waals surface area (Å²) in [5.74, 6) is 1.82. The van der Waals surface area contributed by atoms with Gasteiger partial charge in [0.25, 0.3) is 0 Å². The SMILES string of the molecule is COc1cc(-c2cc3c4c(cccc4c2)C(=O)C=C3)cc(OC)c1OC. The molecule has 4 rings (SSSR count). The second-order valence-corrected chi connectivity index (χ2v) is 6.08. The van der Waals surface area contributed by atoms with E-state index < -0.39 is 0 Å². The fourth-order valence-electron chi connectivity index (χ4n) is 3.47. The zero-order chi connectivity index (χ0) is 18.3. The average molecular weight is 346 g/mol. The lowest BCUT2D eigenvalue weighted by Crippen LogP contribution is -2.01. The lowest BCUT2D eigenvalue weighted by atomic mass is 9.89. The molecule has 0 unspecified atom stereocenters. The van der Waals surface area contributed by atoms with Gasteiger partial charge in [0.2, 0.25) is 5.75 Å². The first kappa shape index (κ1) is 16.2. The highest BCUT2D eigenvalue weighted by molar-refractivity contribution is 6.20. The number of ether oxygens (including phenoxy) is 3. The molecule has 0 saturated heterocycles. The molecule has 0 N–H and O–H groups in total. The predicted molar refractivity (Wildman–Crippen MR) is 102 cm³/mol. The second kappa shape index (κ2) is 6.23. The average Bonchev–Trinajstić information content (AvgIpc) is 2.69. The minimum Gasteiger partial charge on any atom is -0.493 e. The van der Waals surface area contributed by atoms with E-state index in [-0.39, 0.29) is 5.78 Å². The monoisotopic (exact) mass is 346 g/mol. The Kier molecular flexibility index (Phi) is 3.88. The number of rotatable bonds is 4. The van der Waals surface area contributed by atoms with Crippen LogP contribution in [0.4, 0.5) is 0 Å². The van der Waals surface area contributed by atoms with Crippen LogP contribution in [0.2, 0.25) is 0 Å². The molecule has 0 amide bonds. The van der Waals surface area contributed by atoms with E-state index in [2.05, 4.69) is 12.1 Å². The summed E-state index contributed by atoms with van der Waals surface area (Å²) in [7, 11) is 4.79. The third kappa shape index (κ3) is 2.42. The van der Waals surface area contributed by atoms with Gasteiger partial charge in [-0.05, 0) is 52.4 Å². The molecular formula is C22H18O4. The molecule has 0 aliphatic heterocycles. The van der Waals surface area contributed by atoms with E-state index in [0.29, 0.717) is 17.2 Å². The van der Waals surface area contributed by atoms with Crippen molar-refractivity contribution in [1.29, 1.82) is 0 Å². The van der Waals surface area contributed by atoms with Crippen molar-refractivity contribution in [2.24, 2.45) is 0 Å². The van der Waals surface area contributed by atoms with Gasteiger partial charge < -0.3 is 14.2 Å². The molecule has 4 heteroatoms. The quantitative estimate of drug-likeness (QED) is 0.684. The van der Waals surface area contributed by atoms with Gasteiger partial charge in [-0.25, -0.2) is 0 Å². The van der Waals surface area contributed by atoms with Crippen molar-refractivity contribution >= 4 is 22.6 Å². The predicted octanol–water partition coefficient (Wildman–Crippen LogP) is 4.74. The van der Waals surface area contributed by atoms with Crippen molar-refractivity contribution in [2.45, 2.75) is 0 Å². The normalized spacial score (nSPS) is 12.3. The van der Waals surface area contributed by atoms with Crippen LogP contribution in [0.25, 0.3) is 28.0 Å². The van der Waals surface area contributed by atoms with E-state index in [1.807, 2.05) is 36.4 Å². The van der Waals surface area contributed by atoms with Crippen LogP contribution in [0.15, 0.2) is 48.5 Å². The van der Waals surface area contributed by atoms with Crippen LogP contribution >= 0.6 is 0 Å². The van der Waals surface area contributed by atoms with Gasteiger partial charge in [0.1, 0.15) is 0 Å². The van der Waals surface area contributed by atoms with Crippen LogP contribution in [0.3, 0.4) is 0 Å². The van der Waals surface area contributed by atoms with Gasteiger partial charge in [-0.15, -0.1) is 0 Å². The molecule has 0 spiro atoms. The van der Waals surface area contributed by atoms with Crippen LogP contribution < -0.4 is 14.2 Å². The van der Waals surface area contributed by atoms with Crippen LogP contribution in [0, 0.1) is 0 Å². The summed E-state index contributed by atoms with van der Waals surface area (Å²) < 4.78 is 16.3. The molecule has 0 aromatic heterocycles. The smallest absolute Gasteiger partial charge is 0.203 e. The molecule has 0 heterocycles. The molecule has 4 nitrogen and oxygen atoms in total. The van der Waals surface area contributed by atoms with Crippen molar-refractivity contribution in [1.82, 2.24) is 0 Å². The second-order valence-electron chi connectivity index (χ2n) is 6.08. The van der Waals surface area contributed by atoms with Gasteiger partial charge >= 0.3 is 0 Å². The minimum absolute atomic E-state index is 0.0450. The van der Waals surface area contributed by atoms with E-state index in [9.17, 15) is 4.79 Å². The van der Waals surface area contributed by atoms with Gasteiger partial charge in [0.15, 0.2) is 17.3 Å². The van der Waals surface area contributed by atoms with Crippen molar-refractivity contribution in [3.05, 3.63) is 59.7 Å². The highest BCUT2D eigenvalue weighted by Gasteiger charge is 2.18. The summed E-state index contributed by atoms with van der Waals surface area (Å²) in [6.07, 6.45) is 3.50. The molecule has 26 heavy (non-hydrogen) atoms. The van der Waals surface area contributed by atoms with Gasteiger partial charge in [-0.2, -0.15) is 0 Å². The molecule has 3 aromatic carbocycles. The molecule has 1 aliphatic rings. The maximum atomic E-state index is 12.1. The Labute approximate surface area is 151 Å². The molecule has 0 fully saturated rings. The zero-order valence-electron chi connectivity index (χ0n) is 14.8. The van der Waals surface area contributed by atoms with E-state index in [4.69, 9.17) is 14.2 Å². The molecule has 3 aromatic rings. The van der Waals surface area contributed by atoms with E-state index >= 15 is 0 Å². The van der Waals surface area contributed by atoms with E-state index in [0.717, 1.165) is 33.0 Å². The number of methoxy groups -OCH3 is 3. The lowest BCUT2D eigenvalue weighted by Gasteiger charge is -2.17. The standard InChI is InChI=1S/C22H18O4/c1-24-19-11-16(12-20(25-2)22(19)26-3)15-9-13-5-4-6-17-18(23)8-7-14(10-15)21(13)17/h4-12H,1-3H3. The first-order valence-corrected chi connectivity index (χ1v) is 8.26. The number of hydrogen-bond acceptors (Lipinski definition) is 4. The van der Waals surface area contributed by atoms with Gasteiger partial charge in [-0.1, -0.05) is 24.3 Å². The van der Waals surface area contributed by atoms with Crippen molar-refractivity contribution in [3.8, 4) is 28.4 Å². The number of carbonyl (C=O) groups excluding carboxylic acids is 1. The Bertz CT molecular complexity index is 1040. The topological polar surface area (TPSA) is 44.8 Å². The fraction of sp³-hybridized carbons (Fsp3) is 0.136. The summed E-state index contributed by atoms with van der Waals surface area (Å²) in [6.45, 7) is 0. The molecule has 1 aliphatic carbocycles. The Balaban J connectivity index is 1.96. The van der Waals surface area contributed by atoms with E-state index in [1.54, 1.807) is 27.4 Å². The molecule has 0 atom stereocenters. The number of allylic oxidation sites excluding steroid dienone is 1. The van der Waals surface area contributed by atoms with Gasteiger partial charge in [0, 0.05) is 10.9 Å². The first-order valence-electron chi connectivity index (χ1n) is 8.26. The van der Waals surface area contributed by atoms with Crippen LogP contribution in [0.5, 0.6) is 17.2 Å². The van der Waals surface area contributed by atoms with Crippen LogP contribution in [-0.2, 0) is 0 Å². The zero-order valence-corrected chi connectivity index (χ0v) is 14.8. The highest BCUT2D eigenvalue weighted by atomic mass is 16.5. The van der Waals surface area contributed by atoms with Gasteiger partial charge in [-0.3, -0.25) is 4.79 Å². The van der Waals surface area contributed by atoms with Crippen molar-refractivity contribution in [2.75, 3.05) is 21.3 Å². The minimum atomic E-state index is 0.0450. The van der Waals surface area contributed by atoms with Crippen molar-refractivity contribution < 1.29 is 19.0 Å². The lowest BCUT2D eigenvalue weighted by molar-refractivity contribution is 0.104. The number of carbonyl (C=O) groups is 1. The fourth-order valence-corrected chi connectivity index (χ4v) is 3.47. The Morgan fingerprint density at radius 3 is 2.12 bits per heavy atom. The molecule has 0 radical (unpaired) electrons. The largest absolute Gasteiger partial charge is 0.493 e. The van der Waals surface area contributed by atoms with Gasteiger partial charge in [0.05, 0.1) is 21.3 Å². The summed E-state index contributed by atoms with van der Waals surface area (Å²) >= 11 is 0. The summed E-state index contributed by atoms with van der Waals surface area (Å²) in [4.78, 5) is 12.1. The molecular weight excluding hydrogens is 328 g/mol. The molecule has 0 bridgehead atoms. The number of benzene rings is 3. The van der Waals surface area contributed by atoms with Crippen LogP contribution in [0.1, 0.15) is 15.9 Å². The third-order valence-corrected chi connectivity index (χ3v) is 4.69. The summed E-state index contributed by atoms with van der Waals surface area (Å²) in [5.41, 5.74) is 3.74. The first-order chi connectivity index (χ1) is 12.7. The maximum absolute atomic E-state index is 12.1. The van der Waals surface area contributed by atoms with Crippen LogP contribution in [-0.4, -0.2) is 27.1 Å². The highest BCUT2D eigenvalue weighted by Crippen LogP contribution is 2.42. The maximum Gasteiger partial charge on any atom is 0.203 e. The molecule has 0 saturated carbocycles. The number of ketones is 1. The molecule has 130 valence electrons. The number of hydrogen-bond donors (Lipinski definition) is 0. The summed E-state index contributed by atoms with van der Waals surface area (Å²) in [5, 5.41) is 2.03. The summed E-state index contributed by atoms with van der Waals surface area (Å²) in [6, 6.07) is 13.8. The Hall–Kier alpha value is -3.27. The third-order valence-electron chi connectivity index (χ3n) is 4.69. The Morgan fingerprint density at radius 2 is 1.46 bits per heavy atom. The Morgan fingerprint density at radius 1 is 0.769 bits per heavy atom. The van der Waals surface area contributed by atoms with Crippen molar-refractivity contribution in [3.63, 3.8) is 0 Å².